The average molecular weight is 438 g/mol. The van der Waals surface area contributed by atoms with Crippen LogP contribution in [-0.4, -0.2) is 21.5 Å². The maximum atomic E-state index is 15.4. The zero-order valence-corrected chi connectivity index (χ0v) is 17.5. The number of pyridine rings is 2. The number of thiophene rings is 1. The molecule has 0 radical (unpaired) electrons. The smallest absolute Gasteiger partial charge is 0.333 e. The first kappa shape index (κ1) is 19.7. The van der Waals surface area contributed by atoms with Crippen LogP contribution in [0.5, 0.6) is 5.75 Å². The van der Waals surface area contributed by atoms with Crippen LogP contribution in [0.4, 0.5) is 4.39 Å². The minimum absolute atomic E-state index is 0.0245. The fourth-order valence-corrected chi connectivity index (χ4v) is 4.79. The molecule has 1 fully saturated rings. The molecule has 1 aliphatic carbocycles. The van der Waals surface area contributed by atoms with Crippen LogP contribution in [0, 0.1) is 5.82 Å². The van der Waals surface area contributed by atoms with Gasteiger partial charge in [0.2, 0.25) is 0 Å². The number of aromatic amines is 1. The number of nitrogens with zero attached hydrogens (tertiary/aromatic N) is 2. The number of nitrogens with one attached hydrogen (secondary N) is 1. The van der Waals surface area contributed by atoms with Gasteiger partial charge in [-0.3, -0.25) is 19.2 Å². The maximum Gasteiger partial charge on any atom is 0.333 e. The topological polar surface area (TPSA) is 102 Å². The predicted molar refractivity (Wildman–Crippen MR) is 117 cm³/mol. The monoisotopic (exact) mass is 438 g/mol. The number of halogens is 1. The molecule has 4 heterocycles. The van der Waals surface area contributed by atoms with Crippen LogP contribution in [0.1, 0.15) is 30.0 Å². The molecule has 1 aliphatic rings. The molecule has 4 aromatic rings. The largest absolute Gasteiger partial charge is 0.494 e. The number of methoxy groups -OCH3 is 1. The van der Waals surface area contributed by atoms with Crippen LogP contribution in [0.15, 0.2) is 44.7 Å². The molecular weight excluding hydrogens is 419 g/mol. The molecule has 3 N–H and O–H groups in total. The van der Waals surface area contributed by atoms with Crippen molar-refractivity contribution in [1.82, 2.24) is 14.4 Å². The number of hydrogen-bond acceptors (Lipinski definition) is 6. The first-order valence-electron chi connectivity index (χ1n) is 9.81. The lowest BCUT2D eigenvalue weighted by Crippen LogP contribution is -2.29. The van der Waals surface area contributed by atoms with E-state index < -0.39 is 17.1 Å². The van der Waals surface area contributed by atoms with Crippen LogP contribution in [0.3, 0.4) is 0 Å². The van der Waals surface area contributed by atoms with Gasteiger partial charge in [-0.25, -0.2) is 9.18 Å². The zero-order chi connectivity index (χ0) is 21.7. The van der Waals surface area contributed by atoms with E-state index in [1.54, 1.807) is 0 Å². The van der Waals surface area contributed by atoms with Gasteiger partial charge in [-0.2, -0.15) is 11.3 Å². The first-order chi connectivity index (χ1) is 15.0. The standard InChI is InChI=1S/C22H19FN4O3S/c1-30-20-18(14-10-31-9-13(14)16-4-2-3-12(7-24)25-16)15(23)8-27-19(20)17(11-5-6-11)21(28)26-22(27)29/h2-4,8-11H,5-7,24H2,1H3,(H,26,28,29). The van der Waals surface area contributed by atoms with Gasteiger partial charge < -0.3 is 10.5 Å². The van der Waals surface area contributed by atoms with Crippen molar-refractivity contribution in [1.29, 1.82) is 0 Å². The number of nitrogens with two attached hydrogens (primary N) is 1. The van der Waals surface area contributed by atoms with E-state index in [1.807, 2.05) is 29.0 Å². The molecule has 0 amide bonds. The molecule has 9 heteroatoms. The van der Waals surface area contributed by atoms with Crippen LogP contribution in [0.25, 0.3) is 27.9 Å². The van der Waals surface area contributed by atoms with Crippen molar-refractivity contribution in [3.05, 3.63) is 73.1 Å². The van der Waals surface area contributed by atoms with Gasteiger partial charge in [0.05, 0.1) is 30.3 Å². The lowest BCUT2D eigenvalue weighted by molar-refractivity contribution is 0.415. The van der Waals surface area contributed by atoms with Crippen LogP contribution < -0.4 is 21.7 Å². The normalized spacial score (nSPS) is 13.6. The number of aromatic nitrogens is 3. The van der Waals surface area contributed by atoms with Gasteiger partial charge in [0.1, 0.15) is 5.52 Å². The van der Waals surface area contributed by atoms with E-state index in [0.717, 1.165) is 34.7 Å². The van der Waals surface area contributed by atoms with Crippen molar-refractivity contribution in [2.45, 2.75) is 25.3 Å². The Morgan fingerprint density at radius 2 is 2.06 bits per heavy atom. The highest BCUT2D eigenvalue weighted by molar-refractivity contribution is 7.08. The minimum atomic E-state index is -0.698. The van der Waals surface area contributed by atoms with Crippen molar-refractivity contribution in [2.75, 3.05) is 7.11 Å². The van der Waals surface area contributed by atoms with Gasteiger partial charge in [-0.15, -0.1) is 0 Å². The van der Waals surface area contributed by atoms with Gasteiger partial charge in [-0.1, -0.05) is 6.07 Å². The van der Waals surface area contributed by atoms with Crippen molar-refractivity contribution >= 4 is 16.9 Å². The summed E-state index contributed by atoms with van der Waals surface area (Å²) in [6.07, 6.45) is 2.79. The summed E-state index contributed by atoms with van der Waals surface area (Å²) in [7, 11) is 1.42. The molecule has 0 saturated heterocycles. The average Bonchev–Trinajstić information content (AvgIpc) is 3.49. The Morgan fingerprint density at radius 1 is 1.29 bits per heavy atom. The molecule has 7 nitrogen and oxygen atoms in total. The van der Waals surface area contributed by atoms with Crippen LogP contribution in [-0.2, 0) is 6.54 Å². The molecule has 158 valence electrons. The summed E-state index contributed by atoms with van der Waals surface area (Å²) in [5, 5.41) is 3.69. The van der Waals surface area contributed by atoms with Gasteiger partial charge in [0.25, 0.3) is 5.56 Å². The van der Waals surface area contributed by atoms with E-state index in [1.165, 1.54) is 18.4 Å². The molecule has 5 rings (SSSR count). The number of rotatable bonds is 5. The Morgan fingerprint density at radius 3 is 2.77 bits per heavy atom. The summed E-state index contributed by atoms with van der Waals surface area (Å²) < 4.78 is 22.2. The van der Waals surface area contributed by atoms with Crippen molar-refractivity contribution in [2.24, 2.45) is 5.73 Å². The molecule has 0 unspecified atom stereocenters. The maximum absolute atomic E-state index is 15.4. The quantitative estimate of drug-likeness (QED) is 0.498. The van der Waals surface area contributed by atoms with Crippen molar-refractivity contribution < 1.29 is 9.13 Å². The van der Waals surface area contributed by atoms with E-state index in [9.17, 15) is 9.59 Å². The molecule has 0 aliphatic heterocycles. The third-order valence-electron chi connectivity index (χ3n) is 5.52. The molecule has 0 spiro atoms. The van der Waals surface area contributed by atoms with Gasteiger partial charge in [-0.05, 0) is 36.3 Å². The Labute approximate surface area is 180 Å². The van der Waals surface area contributed by atoms with Crippen molar-refractivity contribution in [3.63, 3.8) is 0 Å². The van der Waals surface area contributed by atoms with Crippen molar-refractivity contribution in [3.8, 4) is 28.1 Å². The zero-order valence-electron chi connectivity index (χ0n) is 16.6. The summed E-state index contributed by atoms with van der Waals surface area (Å²) in [4.78, 5) is 31.9. The lowest BCUT2D eigenvalue weighted by Gasteiger charge is -2.16. The summed E-state index contributed by atoms with van der Waals surface area (Å²) in [6, 6.07) is 5.51. The summed E-state index contributed by atoms with van der Waals surface area (Å²) >= 11 is 1.40. The second kappa shape index (κ2) is 7.44. The van der Waals surface area contributed by atoms with Crippen LogP contribution in [0.2, 0.25) is 0 Å². The van der Waals surface area contributed by atoms with E-state index in [4.69, 9.17) is 10.5 Å². The first-order valence-corrected chi connectivity index (χ1v) is 10.8. The van der Waals surface area contributed by atoms with E-state index in [-0.39, 0.29) is 23.8 Å². The fourth-order valence-electron chi connectivity index (χ4n) is 3.96. The second-order valence-electron chi connectivity index (χ2n) is 7.47. The summed E-state index contributed by atoms with van der Waals surface area (Å²) in [5.41, 5.74) is 8.23. The Bertz CT molecular complexity index is 1440. The number of hydrogen-bond donors (Lipinski definition) is 2. The number of ether oxygens (including phenoxy) is 1. The summed E-state index contributed by atoms with van der Waals surface area (Å²) in [5.74, 6) is -0.439. The molecule has 31 heavy (non-hydrogen) atoms. The van der Waals surface area contributed by atoms with Gasteiger partial charge in [0, 0.05) is 28.6 Å². The third kappa shape index (κ3) is 3.17. The van der Waals surface area contributed by atoms with E-state index in [2.05, 4.69) is 9.97 Å². The highest BCUT2D eigenvalue weighted by atomic mass is 32.1. The lowest BCUT2D eigenvalue weighted by atomic mass is 9.99. The molecule has 0 bridgehead atoms. The van der Waals surface area contributed by atoms with Crippen LogP contribution >= 0.6 is 11.3 Å². The molecule has 0 aromatic carbocycles. The molecular formula is C22H19FN4O3S. The van der Waals surface area contributed by atoms with E-state index in [0.29, 0.717) is 22.3 Å². The summed E-state index contributed by atoms with van der Waals surface area (Å²) in [6.45, 7) is 0.289. The Balaban J connectivity index is 1.84. The van der Waals surface area contributed by atoms with Gasteiger partial charge >= 0.3 is 5.69 Å². The minimum Gasteiger partial charge on any atom is -0.494 e. The third-order valence-corrected chi connectivity index (χ3v) is 6.26. The molecule has 0 atom stereocenters. The Hall–Kier alpha value is -3.30. The highest BCUT2D eigenvalue weighted by Crippen LogP contribution is 2.46. The second-order valence-corrected chi connectivity index (χ2v) is 8.21. The highest BCUT2D eigenvalue weighted by Gasteiger charge is 2.32. The van der Waals surface area contributed by atoms with Gasteiger partial charge in [0.15, 0.2) is 11.6 Å². The molecule has 1 saturated carbocycles. The van der Waals surface area contributed by atoms with E-state index >= 15 is 4.39 Å². The number of fused-ring (bicyclic) bond motifs is 1. The molecule has 4 aromatic heterocycles. The fraction of sp³-hybridized carbons (Fsp3) is 0.227. The Kier molecular flexibility index (Phi) is 4.71. The predicted octanol–water partition coefficient (Wildman–Crippen LogP) is 3.26. The number of H-pyrrole nitrogens is 1. The SMILES string of the molecule is COc1c(-c2cscc2-c2cccc(CN)n2)c(F)cn2c(=O)[nH]c(=O)c(C3CC3)c12.